The fourth-order valence-corrected chi connectivity index (χ4v) is 4.92. The molecule has 0 saturated carbocycles. The van der Waals surface area contributed by atoms with E-state index in [0.29, 0.717) is 24.0 Å². The lowest BCUT2D eigenvalue weighted by molar-refractivity contribution is -0.165. The molecular weight excluding hydrogens is 626 g/mol. The molecule has 1 saturated heterocycles. The van der Waals surface area contributed by atoms with Crippen LogP contribution in [0.5, 0.6) is 5.75 Å². The van der Waals surface area contributed by atoms with Gasteiger partial charge in [0.05, 0.1) is 19.6 Å². The molecule has 0 bridgehead atoms. The molecule has 262 valence electrons. The number of carbonyl (C=O) groups excluding carboxylic acids is 4. The van der Waals surface area contributed by atoms with Crippen LogP contribution >= 0.6 is 0 Å². The summed E-state index contributed by atoms with van der Waals surface area (Å²) in [6, 6.07) is 5.32. The molecule has 2 atom stereocenters. The van der Waals surface area contributed by atoms with Crippen molar-refractivity contribution in [2.24, 2.45) is 5.41 Å². The molecule has 1 aromatic rings. The lowest BCUT2D eigenvalue weighted by Gasteiger charge is -2.36. The number of esters is 2. The lowest BCUT2D eigenvalue weighted by Crippen LogP contribution is -2.53. The first kappa shape index (κ1) is 39.1. The van der Waals surface area contributed by atoms with Gasteiger partial charge in [0, 0.05) is 12.6 Å². The zero-order chi connectivity index (χ0) is 36.0. The molecule has 13 nitrogen and oxygen atoms in total. The SMILES string of the molecule is C=CC(=O)OCC(C)(C)C(=O)C(=O)N1CCCC[C@H]1C(=O)O[C@H](CC/C(C)=C(O)/C(OC)=C(\C=C)OC)c1cccc(OCC(=O)O)c1. The van der Waals surface area contributed by atoms with Gasteiger partial charge in [0.1, 0.15) is 24.5 Å². The maximum Gasteiger partial charge on any atom is 0.341 e. The molecule has 0 aliphatic carbocycles. The van der Waals surface area contributed by atoms with Gasteiger partial charge in [-0.25, -0.2) is 14.4 Å². The van der Waals surface area contributed by atoms with Crippen molar-refractivity contribution in [2.45, 2.75) is 65.0 Å². The number of aliphatic hydroxyl groups is 1. The number of ketones is 1. The summed E-state index contributed by atoms with van der Waals surface area (Å²) in [7, 11) is 2.77. The van der Waals surface area contributed by atoms with Crippen molar-refractivity contribution < 1.29 is 57.9 Å². The average Bonchev–Trinajstić information content (AvgIpc) is 3.09. The minimum absolute atomic E-state index is 0.0609. The minimum Gasteiger partial charge on any atom is -0.504 e. The molecule has 13 heteroatoms. The Hall–Kier alpha value is -5.07. The van der Waals surface area contributed by atoms with Crippen molar-refractivity contribution in [1.29, 1.82) is 0 Å². The highest BCUT2D eigenvalue weighted by atomic mass is 16.5. The first-order valence-electron chi connectivity index (χ1n) is 15.3. The van der Waals surface area contributed by atoms with E-state index in [9.17, 15) is 29.1 Å². The second kappa shape index (κ2) is 18.3. The Kier molecular flexibility index (Phi) is 14.9. The summed E-state index contributed by atoms with van der Waals surface area (Å²) in [5, 5.41) is 20.0. The van der Waals surface area contributed by atoms with Crippen LogP contribution in [0.3, 0.4) is 0 Å². The third-order valence-electron chi connectivity index (χ3n) is 7.67. The van der Waals surface area contributed by atoms with Gasteiger partial charge < -0.3 is 38.8 Å². The molecule has 1 fully saturated rings. The topological polar surface area (TPSA) is 175 Å². The number of piperidine rings is 1. The van der Waals surface area contributed by atoms with Crippen LogP contribution in [0.25, 0.3) is 0 Å². The van der Waals surface area contributed by atoms with E-state index >= 15 is 0 Å². The Labute approximate surface area is 280 Å². The number of rotatable bonds is 18. The number of allylic oxidation sites excluding steroid dienone is 2. The number of carbonyl (C=O) groups is 5. The van der Waals surface area contributed by atoms with Crippen LogP contribution in [0.15, 0.2) is 72.4 Å². The number of hydrogen-bond donors (Lipinski definition) is 2. The summed E-state index contributed by atoms with van der Waals surface area (Å²) >= 11 is 0. The maximum absolute atomic E-state index is 13.8. The Morgan fingerprint density at radius 2 is 1.77 bits per heavy atom. The number of likely N-dealkylation sites (tertiary alicyclic amines) is 1. The number of amides is 1. The first-order valence-corrected chi connectivity index (χ1v) is 15.3. The molecule has 0 radical (unpaired) electrons. The van der Waals surface area contributed by atoms with Gasteiger partial charge in [-0.2, -0.15) is 0 Å². The van der Waals surface area contributed by atoms with Crippen molar-refractivity contribution >= 4 is 29.6 Å². The standard InChI is InChI=1S/C35H45NO12/c1-8-26(44-6)31(45-7)30(40)22(3)16-17-27(23-13-12-14-24(19-23)46-20-28(37)38)48-34(43)25-15-10-11-18-36(25)33(42)32(41)35(4,5)21-47-29(39)9-2/h8-9,12-14,19,25,27,40H,1-2,10-11,15-18,20-21H2,3-7H3,(H,37,38)/b30-22-,31-26-/t25-,27+/m0/s1. The van der Waals surface area contributed by atoms with Crippen LogP contribution in [-0.2, 0) is 42.9 Å². The fraction of sp³-hybridized carbons (Fsp3) is 0.457. The molecule has 1 aliphatic heterocycles. The third-order valence-corrected chi connectivity index (χ3v) is 7.67. The predicted octanol–water partition coefficient (Wildman–Crippen LogP) is 4.74. The molecular formula is C35H45NO12. The molecule has 1 aromatic carbocycles. The van der Waals surface area contributed by atoms with Crippen molar-refractivity contribution in [3.63, 3.8) is 0 Å². The number of carboxylic acids is 1. The van der Waals surface area contributed by atoms with E-state index in [1.807, 2.05) is 0 Å². The molecule has 0 spiro atoms. The quantitative estimate of drug-likeness (QED) is 0.0722. The van der Waals surface area contributed by atoms with E-state index < -0.39 is 53.8 Å². The van der Waals surface area contributed by atoms with E-state index in [-0.39, 0.29) is 55.4 Å². The summed E-state index contributed by atoms with van der Waals surface area (Å²) in [5.74, 6) is -4.07. The van der Waals surface area contributed by atoms with Gasteiger partial charge in [-0.1, -0.05) is 25.3 Å². The Bertz CT molecular complexity index is 1440. The fourth-order valence-electron chi connectivity index (χ4n) is 4.92. The van der Waals surface area contributed by atoms with Gasteiger partial charge in [-0.15, -0.1) is 0 Å². The number of hydrogen-bond acceptors (Lipinski definition) is 11. The largest absolute Gasteiger partial charge is 0.504 e. The smallest absolute Gasteiger partial charge is 0.341 e. The highest BCUT2D eigenvalue weighted by molar-refractivity contribution is 6.38. The van der Waals surface area contributed by atoms with Gasteiger partial charge >= 0.3 is 17.9 Å². The van der Waals surface area contributed by atoms with E-state index in [1.54, 1.807) is 31.2 Å². The highest BCUT2D eigenvalue weighted by Crippen LogP contribution is 2.32. The maximum atomic E-state index is 13.8. The second-order valence-corrected chi connectivity index (χ2v) is 11.7. The number of benzene rings is 1. The highest BCUT2D eigenvalue weighted by Gasteiger charge is 2.42. The van der Waals surface area contributed by atoms with Gasteiger partial charge in [0.25, 0.3) is 5.91 Å². The summed E-state index contributed by atoms with van der Waals surface area (Å²) in [6.07, 6.45) is 3.17. The van der Waals surface area contributed by atoms with Crippen LogP contribution in [0.1, 0.15) is 64.5 Å². The van der Waals surface area contributed by atoms with Crippen LogP contribution < -0.4 is 4.74 Å². The number of carboxylic acid groups (broad SMARTS) is 1. The van der Waals surface area contributed by atoms with Gasteiger partial charge in [-0.3, -0.25) is 9.59 Å². The molecule has 0 aromatic heterocycles. The van der Waals surface area contributed by atoms with Crippen molar-refractivity contribution in [3.8, 4) is 5.75 Å². The number of aliphatic hydroxyl groups excluding tert-OH is 1. The zero-order valence-electron chi connectivity index (χ0n) is 28.1. The lowest BCUT2D eigenvalue weighted by atomic mass is 9.87. The van der Waals surface area contributed by atoms with Gasteiger partial charge in [0.2, 0.25) is 11.5 Å². The van der Waals surface area contributed by atoms with Crippen LogP contribution in [0.4, 0.5) is 0 Å². The van der Waals surface area contributed by atoms with Crippen LogP contribution in [0.2, 0.25) is 0 Å². The summed E-state index contributed by atoms with van der Waals surface area (Å²) in [4.78, 5) is 64.3. The molecule has 1 heterocycles. The molecule has 0 unspecified atom stereocenters. The molecule has 48 heavy (non-hydrogen) atoms. The van der Waals surface area contributed by atoms with Crippen molar-refractivity contribution in [2.75, 3.05) is 34.0 Å². The Balaban J connectivity index is 2.41. The summed E-state index contributed by atoms with van der Waals surface area (Å²) in [6.45, 7) is 10.8. The van der Waals surface area contributed by atoms with E-state index in [1.165, 1.54) is 39.0 Å². The number of aliphatic carboxylic acids is 1. The molecule has 1 aliphatic rings. The monoisotopic (exact) mass is 671 g/mol. The summed E-state index contributed by atoms with van der Waals surface area (Å²) in [5.41, 5.74) is -0.419. The predicted molar refractivity (Wildman–Crippen MR) is 174 cm³/mol. The molecule has 1 amide bonds. The van der Waals surface area contributed by atoms with Crippen LogP contribution in [0, 0.1) is 5.41 Å². The summed E-state index contributed by atoms with van der Waals surface area (Å²) < 4.78 is 26.9. The van der Waals surface area contributed by atoms with E-state index in [0.717, 1.165) is 6.08 Å². The number of nitrogens with zero attached hydrogens (tertiary/aromatic N) is 1. The number of ether oxygens (including phenoxy) is 5. The van der Waals surface area contributed by atoms with Crippen molar-refractivity contribution in [3.05, 3.63) is 78.0 Å². The third kappa shape index (κ3) is 10.7. The molecule has 2 N–H and O–H groups in total. The van der Waals surface area contributed by atoms with E-state index in [2.05, 4.69) is 13.2 Å². The minimum atomic E-state index is -1.36. The van der Waals surface area contributed by atoms with Gasteiger partial charge in [-0.05, 0) is 82.2 Å². The number of methoxy groups -OCH3 is 2. The molecule has 2 rings (SSSR count). The Morgan fingerprint density at radius 3 is 2.38 bits per heavy atom. The first-order chi connectivity index (χ1) is 22.7. The van der Waals surface area contributed by atoms with E-state index in [4.69, 9.17) is 28.8 Å². The van der Waals surface area contributed by atoms with Gasteiger partial charge in [0.15, 0.2) is 18.1 Å². The zero-order valence-corrected chi connectivity index (χ0v) is 28.1. The Morgan fingerprint density at radius 1 is 1.06 bits per heavy atom. The van der Waals surface area contributed by atoms with Crippen LogP contribution in [-0.4, -0.2) is 84.7 Å². The normalized spacial score (nSPS) is 16.3. The number of Topliss-reactive ketones (excluding diaryl/α,β-unsaturated/α-hetero) is 1. The average molecular weight is 672 g/mol. The second-order valence-electron chi connectivity index (χ2n) is 11.7. The van der Waals surface area contributed by atoms with Crippen molar-refractivity contribution in [1.82, 2.24) is 4.90 Å².